The van der Waals surface area contributed by atoms with Crippen molar-refractivity contribution in [2.75, 3.05) is 16.8 Å². The second-order valence-corrected chi connectivity index (χ2v) is 9.14. The summed E-state index contributed by atoms with van der Waals surface area (Å²) < 4.78 is 0. The lowest BCUT2D eigenvalue weighted by molar-refractivity contribution is 0.0989. The highest BCUT2D eigenvalue weighted by atomic mass is 32.1. The van der Waals surface area contributed by atoms with E-state index in [1.165, 1.54) is 5.56 Å². The van der Waals surface area contributed by atoms with Gasteiger partial charge >= 0.3 is 0 Å². The number of thiazole rings is 1. The summed E-state index contributed by atoms with van der Waals surface area (Å²) in [5.74, 6) is 0.0786. The van der Waals surface area contributed by atoms with Gasteiger partial charge in [-0.05, 0) is 63.4 Å². The van der Waals surface area contributed by atoms with Crippen molar-refractivity contribution in [1.82, 2.24) is 4.98 Å². The van der Waals surface area contributed by atoms with Crippen molar-refractivity contribution in [3.63, 3.8) is 0 Å². The monoisotopic (exact) mass is 391 g/mol. The standard InChI is InChI=1S/C23H25N3OS/c1-15-7-5-6-8-18(15)21(27)26-12-11-17-13-16(9-10-20(17)26)19-14-28-22(24-19)25-23(2,3)4/h5-10,13-14H,11-12H2,1-4H3,(H,24,25). The third-order valence-electron chi connectivity index (χ3n) is 4.88. The minimum Gasteiger partial charge on any atom is -0.357 e. The van der Waals surface area contributed by atoms with E-state index in [1.54, 1.807) is 11.3 Å². The maximum absolute atomic E-state index is 13.0. The van der Waals surface area contributed by atoms with Crippen LogP contribution in [0.2, 0.25) is 0 Å². The van der Waals surface area contributed by atoms with Gasteiger partial charge in [0.15, 0.2) is 5.13 Å². The number of anilines is 2. The molecule has 4 rings (SSSR count). The molecule has 1 aliphatic rings. The fourth-order valence-electron chi connectivity index (χ4n) is 3.51. The van der Waals surface area contributed by atoms with Crippen molar-refractivity contribution in [2.24, 2.45) is 0 Å². The molecule has 1 aromatic heterocycles. The van der Waals surface area contributed by atoms with Gasteiger partial charge in [0, 0.05) is 34.3 Å². The quantitative estimate of drug-likeness (QED) is 0.638. The predicted molar refractivity (Wildman–Crippen MR) is 117 cm³/mol. The number of hydrogen-bond acceptors (Lipinski definition) is 4. The number of aromatic nitrogens is 1. The van der Waals surface area contributed by atoms with Gasteiger partial charge in [0.05, 0.1) is 5.69 Å². The SMILES string of the molecule is Cc1ccccc1C(=O)N1CCc2cc(-c3csc(NC(C)(C)C)n3)ccc21. The molecule has 1 aliphatic heterocycles. The van der Waals surface area contributed by atoms with Crippen LogP contribution in [0.5, 0.6) is 0 Å². The normalized spacial score (nSPS) is 13.5. The summed E-state index contributed by atoms with van der Waals surface area (Å²) >= 11 is 1.62. The smallest absolute Gasteiger partial charge is 0.258 e. The van der Waals surface area contributed by atoms with Crippen molar-refractivity contribution in [3.8, 4) is 11.3 Å². The third-order valence-corrected chi connectivity index (χ3v) is 5.64. The lowest BCUT2D eigenvalue weighted by atomic mass is 10.1. The van der Waals surface area contributed by atoms with E-state index in [1.807, 2.05) is 36.1 Å². The van der Waals surface area contributed by atoms with Crippen LogP contribution >= 0.6 is 11.3 Å². The lowest BCUT2D eigenvalue weighted by Gasteiger charge is -2.19. The molecule has 0 radical (unpaired) electrons. The van der Waals surface area contributed by atoms with Gasteiger partial charge < -0.3 is 10.2 Å². The summed E-state index contributed by atoms with van der Waals surface area (Å²) in [5.41, 5.74) is 6.07. The fraction of sp³-hybridized carbons (Fsp3) is 0.304. The molecular formula is C23H25N3OS. The van der Waals surface area contributed by atoms with Crippen molar-refractivity contribution >= 4 is 28.1 Å². The molecule has 3 aromatic rings. The van der Waals surface area contributed by atoms with Crippen LogP contribution < -0.4 is 10.2 Å². The van der Waals surface area contributed by atoms with Gasteiger partial charge in [-0.25, -0.2) is 4.98 Å². The van der Waals surface area contributed by atoms with Gasteiger partial charge in [0.1, 0.15) is 0 Å². The van der Waals surface area contributed by atoms with Crippen molar-refractivity contribution < 1.29 is 4.79 Å². The summed E-state index contributed by atoms with van der Waals surface area (Å²) in [5, 5.41) is 6.44. The molecule has 0 spiro atoms. The van der Waals surface area contributed by atoms with Crippen LogP contribution in [0.1, 0.15) is 42.3 Å². The molecule has 0 saturated carbocycles. The number of carbonyl (C=O) groups excluding carboxylic acids is 1. The Morgan fingerprint density at radius 3 is 2.71 bits per heavy atom. The second kappa shape index (κ2) is 7.06. The Kier molecular flexibility index (Phi) is 4.71. The Bertz CT molecular complexity index is 1030. The van der Waals surface area contributed by atoms with Crippen LogP contribution in [-0.4, -0.2) is 23.0 Å². The first-order valence-corrected chi connectivity index (χ1v) is 10.4. The summed E-state index contributed by atoms with van der Waals surface area (Å²) in [4.78, 5) is 19.7. The van der Waals surface area contributed by atoms with Crippen LogP contribution in [-0.2, 0) is 6.42 Å². The first kappa shape index (κ1) is 18.7. The van der Waals surface area contributed by atoms with E-state index in [0.29, 0.717) is 0 Å². The zero-order chi connectivity index (χ0) is 19.9. The van der Waals surface area contributed by atoms with E-state index in [4.69, 9.17) is 4.98 Å². The van der Waals surface area contributed by atoms with Crippen LogP contribution in [0, 0.1) is 6.92 Å². The number of carbonyl (C=O) groups is 1. The highest BCUT2D eigenvalue weighted by Gasteiger charge is 2.26. The molecule has 0 bridgehead atoms. The molecule has 1 amide bonds. The van der Waals surface area contributed by atoms with Crippen molar-refractivity contribution in [2.45, 2.75) is 39.7 Å². The fourth-order valence-corrected chi connectivity index (χ4v) is 4.44. The van der Waals surface area contributed by atoms with Gasteiger partial charge in [-0.3, -0.25) is 4.79 Å². The Labute approximate surface area is 170 Å². The van der Waals surface area contributed by atoms with E-state index in [0.717, 1.165) is 46.2 Å². The number of amides is 1. The predicted octanol–water partition coefficient (Wildman–Crippen LogP) is 5.53. The molecular weight excluding hydrogens is 366 g/mol. The molecule has 0 fully saturated rings. The third kappa shape index (κ3) is 3.67. The number of nitrogens with one attached hydrogen (secondary N) is 1. The highest BCUT2D eigenvalue weighted by Crippen LogP contribution is 2.34. The van der Waals surface area contributed by atoms with Gasteiger partial charge in [-0.2, -0.15) is 0 Å². The number of rotatable bonds is 3. The Hall–Kier alpha value is -2.66. The molecule has 5 heteroatoms. The molecule has 0 atom stereocenters. The van der Waals surface area contributed by atoms with Gasteiger partial charge in [-0.1, -0.05) is 24.3 Å². The van der Waals surface area contributed by atoms with Gasteiger partial charge in [0.25, 0.3) is 5.91 Å². The number of aryl methyl sites for hydroxylation is 1. The minimum absolute atomic E-state index is 0.0104. The summed E-state index contributed by atoms with van der Waals surface area (Å²) in [6, 6.07) is 14.1. The largest absolute Gasteiger partial charge is 0.357 e. The van der Waals surface area contributed by atoms with E-state index in [2.05, 4.69) is 49.7 Å². The van der Waals surface area contributed by atoms with Crippen LogP contribution in [0.25, 0.3) is 11.3 Å². The molecule has 0 aliphatic carbocycles. The topological polar surface area (TPSA) is 45.2 Å². The number of fused-ring (bicyclic) bond motifs is 1. The first-order chi connectivity index (χ1) is 13.3. The Morgan fingerprint density at radius 1 is 1.18 bits per heavy atom. The van der Waals surface area contributed by atoms with Crippen LogP contribution in [0.3, 0.4) is 0 Å². The Morgan fingerprint density at radius 2 is 1.96 bits per heavy atom. The van der Waals surface area contributed by atoms with E-state index >= 15 is 0 Å². The lowest BCUT2D eigenvalue weighted by Crippen LogP contribution is -2.29. The number of nitrogens with zero attached hydrogens (tertiary/aromatic N) is 2. The van der Waals surface area contributed by atoms with Crippen LogP contribution in [0.4, 0.5) is 10.8 Å². The average Bonchev–Trinajstić information content (AvgIpc) is 3.26. The highest BCUT2D eigenvalue weighted by molar-refractivity contribution is 7.14. The maximum Gasteiger partial charge on any atom is 0.258 e. The molecule has 144 valence electrons. The number of benzene rings is 2. The van der Waals surface area contributed by atoms with E-state index < -0.39 is 0 Å². The molecule has 2 heterocycles. The maximum atomic E-state index is 13.0. The first-order valence-electron chi connectivity index (χ1n) is 9.56. The average molecular weight is 392 g/mol. The molecule has 0 saturated heterocycles. The molecule has 28 heavy (non-hydrogen) atoms. The van der Waals surface area contributed by atoms with Gasteiger partial charge in [-0.15, -0.1) is 11.3 Å². The Balaban J connectivity index is 1.59. The van der Waals surface area contributed by atoms with Gasteiger partial charge in [0.2, 0.25) is 0 Å². The molecule has 4 nitrogen and oxygen atoms in total. The molecule has 2 aromatic carbocycles. The van der Waals surface area contributed by atoms with E-state index in [9.17, 15) is 4.79 Å². The molecule has 0 unspecified atom stereocenters. The molecule has 1 N–H and O–H groups in total. The van der Waals surface area contributed by atoms with E-state index in [-0.39, 0.29) is 11.4 Å². The second-order valence-electron chi connectivity index (χ2n) is 8.28. The number of hydrogen-bond donors (Lipinski definition) is 1. The van der Waals surface area contributed by atoms with Crippen molar-refractivity contribution in [1.29, 1.82) is 0 Å². The zero-order valence-corrected chi connectivity index (χ0v) is 17.6. The summed E-state index contributed by atoms with van der Waals surface area (Å²) in [6.07, 6.45) is 0.873. The zero-order valence-electron chi connectivity index (χ0n) is 16.7. The van der Waals surface area contributed by atoms with Crippen LogP contribution in [0.15, 0.2) is 47.8 Å². The minimum atomic E-state index is -0.0104. The summed E-state index contributed by atoms with van der Waals surface area (Å²) in [7, 11) is 0. The van der Waals surface area contributed by atoms with Crippen molar-refractivity contribution in [3.05, 3.63) is 64.5 Å². The summed E-state index contributed by atoms with van der Waals surface area (Å²) in [6.45, 7) is 9.09.